The van der Waals surface area contributed by atoms with Gasteiger partial charge in [-0.1, -0.05) is 42.3 Å². The molecule has 2 heterocycles. The second-order valence-electron chi connectivity index (χ2n) is 10.9. The predicted molar refractivity (Wildman–Crippen MR) is 170 cm³/mol. The molecule has 0 bridgehead atoms. The topological polar surface area (TPSA) is 112 Å². The van der Waals surface area contributed by atoms with Gasteiger partial charge >= 0.3 is 6.18 Å². The van der Waals surface area contributed by atoms with E-state index in [0.717, 1.165) is 64.5 Å². The van der Waals surface area contributed by atoms with Gasteiger partial charge in [-0.05, 0) is 80.3 Å². The molecule has 1 saturated heterocycles. The maximum Gasteiger partial charge on any atom is 0.416 e. The summed E-state index contributed by atoms with van der Waals surface area (Å²) < 4.78 is 69.5. The van der Waals surface area contributed by atoms with Crippen LogP contribution in [-0.4, -0.2) is 36.3 Å². The average molecular weight is 667 g/mol. The molecule has 1 aliphatic rings. The summed E-state index contributed by atoms with van der Waals surface area (Å²) in [5.74, 6) is -0.963. The molecular weight excluding hydrogens is 638 g/mol. The lowest BCUT2D eigenvalue weighted by Crippen LogP contribution is -2.35. The third kappa shape index (κ3) is 6.84. The summed E-state index contributed by atoms with van der Waals surface area (Å²) >= 11 is 0.792. The highest BCUT2D eigenvalue weighted by Gasteiger charge is 2.31. The third-order valence-electron chi connectivity index (χ3n) is 7.57. The van der Waals surface area contributed by atoms with Crippen LogP contribution in [0.25, 0.3) is 17.3 Å². The Hall–Kier alpha value is -4.51. The number of aryl methyl sites for hydroxylation is 2. The molecule has 1 fully saturated rings. The number of halogens is 3. The van der Waals surface area contributed by atoms with Gasteiger partial charge in [-0.2, -0.15) is 22.7 Å². The summed E-state index contributed by atoms with van der Waals surface area (Å²) in [4.78, 5) is 27.3. The number of nitrogens with zero attached hydrogens (tertiary/aromatic N) is 3. The monoisotopic (exact) mass is 666 g/mol. The van der Waals surface area contributed by atoms with E-state index in [2.05, 4.69) is 5.32 Å². The van der Waals surface area contributed by atoms with Gasteiger partial charge in [-0.3, -0.25) is 14.2 Å². The number of anilines is 1. The molecule has 1 aromatic heterocycles. The van der Waals surface area contributed by atoms with Gasteiger partial charge in [-0.25, -0.2) is 8.42 Å². The molecule has 8 nitrogen and oxygen atoms in total. The Labute approximate surface area is 267 Å². The van der Waals surface area contributed by atoms with Crippen molar-refractivity contribution in [2.45, 2.75) is 44.2 Å². The summed E-state index contributed by atoms with van der Waals surface area (Å²) in [6, 6.07) is 17.1. The number of nitriles is 1. The van der Waals surface area contributed by atoms with Crippen LogP contribution in [0.1, 0.15) is 41.5 Å². The number of sulfonamides is 1. The number of carbonyl (C=O) groups is 1. The first kappa shape index (κ1) is 32.9. The van der Waals surface area contributed by atoms with E-state index in [1.807, 2.05) is 38.1 Å². The number of piperidine rings is 1. The Morgan fingerprint density at radius 2 is 1.72 bits per heavy atom. The van der Waals surface area contributed by atoms with Crippen molar-refractivity contribution in [1.29, 1.82) is 5.26 Å². The Bertz CT molecular complexity index is 2160. The Morgan fingerprint density at radius 1 is 1.00 bits per heavy atom. The zero-order valence-electron chi connectivity index (χ0n) is 24.9. The van der Waals surface area contributed by atoms with Crippen molar-refractivity contribution in [3.8, 4) is 11.8 Å². The van der Waals surface area contributed by atoms with Crippen LogP contribution < -0.4 is 20.1 Å². The Kier molecular flexibility index (Phi) is 9.34. The number of hydrogen-bond donors (Lipinski definition) is 1. The summed E-state index contributed by atoms with van der Waals surface area (Å²) in [5.41, 5.74) is 0.0935. The summed E-state index contributed by atoms with van der Waals surface area (Å²) in [5, 5.41) is 12.7. The molecule has 4 aromatic rings. The van der Waals surface area contributed by atoms with Crippen molar-refractivity contribution in [3.63, 3.8) is 0 Å². The number of thiazole rings is 1. The van der Waals surface area contributed by atoms with Crippen LogP contribution in [-0.2, 0) is 21.0 Å². The smallest absolute Gasteiger partial charge is 0.321 e. The van der Waals surface area contributed by atoms with Gasteiger partial charge in [0.1, 0.15) is 10.7 Å². The van der Waals surface area contributed by atoms with Gasteiger partial charge in [0, 0.05) is 18.8 Å². The maximum absolute atomic E-state index is 13.8. The number of amides is 1. The van der Waals surface area contributed by atoms with E-state index in [4.69, 9.17) is 0 Å². The lowest BCUT2D eigenvalue weighted by atomic mass is 10.1. The van der Waals surface area contributed by atoms with Gasteiger partial charge in [0.25, 0.3) is 11.5 Å². The highest BCUT2D eigenvalue weighted by molar-refractivity contribution is 7.89. The normalized spacial score (nSPS) is 15.3. The van der Waals surface area contributed by atoms with Crippen LogP contribution in [0.15, 0.2) is 76.4 Å². The highest BCUT2D eigenvalue weighted by Crippen LogP contribution is 2.30. The molecule has 5 rings (SSSR count). The standard InChI is InChI=1S/C33H29F3N4O4S2/c1-21-12-13-22(2)23(16-21)17-29-31(42)40(26-10-6-8-24(18-26)33(34,35)36)32(45-29)28(20-37)30(41)38-25-9-7-11-27(19-25)46(43,44)39-14-4-3-5-15-39/h6-13,16-19H,3-5,14-15H2,1-2H3,(H,38,41)/b29-17+,32-28-. The minimum absolute atomic E-state index is 0.0342. The maximum atomic E-state index is 13.8. The molecular formula is C33H29F3N4O4S2. The molecule has 0 saturated carbocycles. The third-order valence-corrected chi connectivity index (χ3v) is 10.6. The first-order valence-electron chi connectivity index (χ1n) is 14.3. The van der Waals surface area contributed by atoms with E-state index < -0.39 is 38.8 Å². The Morgan fingerprint density at radius 3 is 2.41 bits per heavy atom. The fraction of sp³-hybridized carbons (Fsp3) is 0.242. The molecule has 0 unspecified atom stereocenters. The van der Waals surface area contributed by atoms with Gasteiger partial charge in [0.2, 0.25) is 10.0 Å². The molecule has 0 atom stereocenters. The number of nitrogens with one attached hydrogen (secondary N) is 1. The largest absolute Gasteiger partial charge is 0.416 e. The van der Waals surface area contributed by atoms with E-state index >= 15 is 0 Å². The Balaban J connectivity index is 1.66. The molecule has 13 heteroatoms. The number of rotatable bonds is 6. The van der Waals surface area contributed by atoms with Gasteiger partial charge in [0.15, 0.2) is 5.57 Å². The summed E-state index contributed by atoms with van der Waals surface area (Å²) in [6.07, 6.45) is -0.707. The second kappa shape index (κ2) is 13.1. The molecule has 0 spiro atoms. The van der Waals surface area contributed by atoms with Gasteiger partial charge in [-0.15, -0.1) is 11.3 Å². The van der Waals surface area contributed by atoms with E-state index in [-0.39, 0.29) is 25.5 Å². The number of alkyl halides is 3. The van der Waals surface area contributed by atoms with Crippen LogP contribution in [0.3, 0.4) is 0 Å². The van der Waals surface area contributed by atoms with E-state index in [9.17, 15) is 36.4 Å². The van der Waals surface area contributed by atoms with Crippen LogP contribution in [0.4, 0.5) is 18.9 Å². The van der Waals surface area contributed by atoms with E-state index in [1.165, 1.54) is 34.6 Å². The predicted octanol–water partition coefficient (Wildman–Crippen LogP) is 4.85. The first-order valence-corrected chi connectivity index (χ1v) is 16.6. The fourth-order valence-electron chi connectivity index (χ4n) is 5.14. The molecule has 0 aliphatic carbocycles. The molecule has 238 valence electrons. The molecule has 1 N–H and O–H groups in total. The van der Waals surface area contributed by atoms with Crippen LogP contribution >= 0.6 is 11.3 Å². The SMILES string of the molecule is Cc1ccc(C)c(/C=c2/s/c(=C(/C#N)C(=O)Nc3cccc(S(=O)(=O)N4CCCCC4)c3)n(-c3cccc(C(F)(F)F)c3)c2=O)c1. The lowest BCUT2D eigenvalue weighted by Gasteiger charge is -2.26. The first-order chi connectivity index (χ1) is 21.8. The summed E-state index contributed by atoms with van der Waals surface area (Å²) in [7, 11) is -3.83. The van der Waals surface area contributed by atoms with Crippen LogP contribution in [0.5, 0.6) is 0 Å². The molecule has 0 radical (unpaired) electrons. The fourth-order valence-corrected chi connectivity index (χ4v) is 7.80. The number of aromatic nitrogens is 1. The minimum atomic E-state index is -4.71. The molecule has 3 aromatic carbocycles. The van der Waals surface area contributed by atoms with E-state index in [0.29, 0.717) is 18.7 Å². The second-order valence-corrected chi connectivity index (χ2v) is 13.9. The van der Waals surface area contributed by atoms with Crippen molar-refractivity contribution < 1.29 is 26.4 Å². The summed E-state index contributed by atoms with van der Waals surface area (Å²) in [6.45, 7) is 4.48. The number of benzene rings is 3. The molecule has 1 amide bonds. The van der Waals surface area contributed by atoms with Gasteiger partial charge in [0.05, 0.1) is 20.7 Å². The lowest BCUT2D eigenvalue weighted by molar-refractivity contribution is -0.137. The highest BCUT2D eigenvalue weighted by atomic mass is 32.2. The van der Waals surface area contributed by atoms with Crippen LogP contribution in [0, 0.1) is 25.2 Å². The van der Waals surface area contributed by atoms with Crippen molar-refractivity contribution in [2.24, 2.45) is 0 Å². The van der Waals surface area contributed by atoms with Crippen molar-refractivity contribution in [2.75, 3.05) is 18.4 Å². The number of carbonyl (C=O) groups excluding carboxylic acids is 1. The van der Waals surface area contributed by atoms with Crippen molar-refractivity contribution >= 4 is 44.6 Å². The van der Waals surface area contributed by atoms with Crippen molar-refractivity contribution in [1.82, 2.24) is 8.87 Å². The minimum Gasteiger partial charge on any atom is -0.321 e. The molecule has 46 heavy (non-hydrogen) atoms. The zero-order valence-corrected chi connectivity index (χ0v) is 26.5. The molecule has 1 aliphatic heterocycles. The van der Waals surface area contributed by atoms with Crippen LogP contribution in [0.2, 0.25) is 0 Å². The number of hydrogen-bond acceptors (Lipinski definition) is 6. The van der Waals surface area contributed by atoms with Gasteiger partial charge < -0.3 is 5.32 Å². The zero-order chi connectivity index (χ0) is 33.2. The quantitative estimate of drug-likeness (QED) is 0.316. The van der Waals surface area contributed by atoms with Crippen molar-refractivity contribution in [3.05, 3.63) is 109 Å². The average Bonchev–Trinajstić information content (AvgIpc) is 3.34. The van der Waals surface area contributed by atoms with E-state index in [1.54, 1.807) is 6.08 Å².